The molecule has 138 valence electrons. The molecule has 1 fully saturated rings. The number of hydrogen-bond donors (Lipinski definition) is 0. The van der Waals surface area contributed by atoms with Gasteiger partial charge in [-0.1, -0.05) is 26.0 Å². The molecule has 0 atom stereocenters. The summed E-state index contributed by atoms with van der Waals surface area (Å²) in [6.07, 6.45) is -0.314. The lowest BCUT2D eigenvalue weighted by molar-refractivity contribution is -0.135. The first-order chi connectivity index (χ1) is 12.0. The Balaban J connectivity index is 1.76. The van der Waals surface area contributed by atoms with Gasteiger partial charge in [-0.3, -0.25) is 4.79 Å². The lowest BCUT2D eigenvalue weighted by Gasteiger charge is -2.34. The van der Waals surface area contributed by atoms with Gasteiger partial charge in [0.25, 0.3) is 5.91 Å². The van der Waals surface area contributed by atoms with Gasteiger partial charge in [-0.05, 0) is 18.1 Å². The number of methoxy groups -OCH3 is 1. The summed E-state index contributed by atoms with van der Waals surface area (Å²) in [6.45, 7) is 6.23. The SMILES string of the molecule is COc1ccccc1OCC(=O)N1CCN(C(=O)OCC(C)C)CC1. The van der Waals surface area contributed by atoms with Crippen LogP contribution >= 0.6 is 0 Å². The Bertz CT molecular complexity index is 583. The summed E-state index contributed by atoms with van der Waals surface area (Å²) in [5.74, 6) is 1.32. The molecule has 0 aromatic heterocycles. The van der Waals surface area contributed by atoms with Crippen molar-refractivity contribution in [3.8, 4) is 11.5 Å². The maximum atomic E-state index is 12.3. The average Bonchev–Trinajstić information content (AvgIpc) is 2.64. The van der Waals surface area contributed by atoms with Crippen molar-refractivity contribution in [2.45, 2.75) is 13.8 Å². The van der Waals surface area contributed by atoms with Gasteiger partial charge in [0.1, 0.15) is 0 Å². The first-order valence-electron chi connectivity index (χ1n) is 8.46. The van der Waals surface area contributed by atoms with Crippen LogP contribution in [0.5, 0.6) is 11.5 Å². The van der Waals surface area contributed by atoms with E-state index in [9.17, 15) is 9.59 Å². The Morgan fingerprint density at radius 2 is 1.64 bits per heavy atom. The standard InChI is InChI=1S/C18H26N2O5/c1-14(2)12-25-18(22)20-10-8-19(9-11-20)17(21)13-24-16-7-5-4-6-15(16)23-3/h4-7,14H,8-13H2,1-3H3. The molecule has 0 aliphatic carbocycles. The third-order valence-electron chi connectivity index (χ3n) is 3.85. The molecule has 1 aromatic rings. The summed E-state index contributed by atoms with van der Waals surface area (Å²) in [5.41, 5.74) is 0. The molecule has 1 heterocycles. The van der Waals surface area contributed by atoms with Gasteiger partial charge in [0.05, 0.1) is 13.7 Å². The fourth-order valence-corrected chi connectivity index (χ4v) is 2.44. The summed E-state index contributed by atoms with van der Waals surface area (Å²) in [7, 11) is 1.56. The summed E-state index contributed by atoms with van der Waals surface area (Å²) in [6, 6.07) is 7.20. The van der Waals surface area contributed by atoms with Crippen molar-refractivity contribution in [3.05, 3.63) is 24.3 Å². The van der Waals surface area contributed by atoms with Crippen molar-refractivity contribution in [1.82, 2.24) is 9.80 Å². The predicted octanol–water partition coefficient (Wildman–Crippen LogP) is 2.01. The van der Waals surface area contributed by atoms with Gasteiger partial charge < -0.3 is 24.0 Å². The van der Waals surface area contributed by atoms with Gasteiger partial charge in [0, 0.05) is 26.2 Å². The van der Waals surface area contributed by atoms with Crippen molar-refractivity contribution in [1.29, 1.82) is 0 Å². The molecule has 25 heavy (non-hydrogen) atoms. The van der Waals surface area contributed by atoms with E-state index < -0.39 is 0 Å². The molecule has 2 amide bonds. The molecular formula is C18H26N2O5. The number of para-hydroxylation sites is 2. The van der Waals surface area contributed by atoms with E-state index >= 15 is 0 Å². The minimum absolute atomic E-state index is 0.0574. The lowest BCUT2D eigenvalue weighted by atomic mass is 10.2. The lowest BCUT2D eigenvalue weighted by Crippen LogP contribution is -2.51. The molecular weight excluding hydrogens is 324 g/mol. The minimum Gasteiger partial charge on any atom is -0.493 e. The topological polar surface area (TPSA) is 68.3 Å². The monoisotopic (exact) mass is 350 g/mol. The number of benzene rings is 1. The first-order valence-corrected chi connectivity index (χ1v) is 8.46. The van der Waals surface area contributed by atoms with E-state index in [4.69, 9.17) is 14.2 Å². The van der Waals surface area contributed by atoms with Crippen LogP contribution in [0.15, 0.2) is 24.3 Å². The summed E-state index contributed by atoms with van der Waals surface area (Å²) < 4.78 is 16.0. The van der Waals surface area contributed by atoms with Gasteiger partial charge >= 0.3 is 6.09 Å². The highest BCUT2D eigenvalue weighted by atomic mass is 16.6. The molecule has 1 aliphatic rings. The molecule has 0 spiro atoms. The Labute approximate surface area is 148 Å². The number of amides is 2. The third-order valence-corrected chi connectivity index (χ3v) is 3.85. The smallest absolute Gasteiger partial charge is 0.409 e. The largest absolute Gasteiger partial charge is 0.493 e. The maximum Gasteiger partial charge on any atom is 0.409 e. The van der Waals surface area contributed by atoms with Crippen LogP contribution < -0.4 is 9.47 Å². The number of nitrogens with zero attached hydrogens (tertiary/aromatic N) is 2. The molecule has 2 rings (SSSR count). The summed E-state index contributed by atoms with van der Waals surface area (Å²) in [4.78, 5) is 27.5. The van der Waals surface area contributed by atoms with Crippen molar-refractivity contribution in [2.24, 2.45) is 5.92 Å². The molecule has 0 saturated carbocycles. The summed E-state index contributed by atoms with van der Waals surface area (Å²) in [5, 5.41) is 0. The van der Waals surface area contributed by atoms with Gasteiger partial charge in [-0.2, -0.15) is 0 Å². The Morgan fingerprint density at radius 3 is 2.24 bits per heavy atom. The number of rotatable bonds is 6. The van der Waals surface area contributed by atoms with E-state index in [0.29, 0.717) is 50.2 Å². The van der Waals surface area contributed by atoms with Crippen LogP contribution in [-0.2, 0) is 9.53 Å². The molecule has 1 aliphatic heterocycles. The van der Waals surface area contributed by atoms with E-state index in [1.165, 1.54) is 0 Å². The Kier molecular flexibility index (Phi) is 6.91. The van der Waals surface area contributed by atoms with E-state index in [2.05, 4.69) is 0 Å². The van der Waals surface area contributed by atoms with Crippen LogP contribution in [0.2, 0.25) is 0 Å². The third kappa shape index (κ3) is 5.55. The van der Waals surface area contributed by atoms with Gasteiger partial charge in [0.2, 0.25) is 0 Å². The molecule has 7 nitrogen and oxygen atoms in total. The molecule has 1 saturated heterocycles. The number of carbonyl (C=O) groups is 2. The normalized spacial score (nSPS) is 14.4. The quantitative estimate of drug-likeness (QED) is 0.785. The highest BCUT2D eigenvalue weighted by Crippen LogP contribution is 2.25. The summed E-state index contributed by atoms with van der Waals surface area (Å²) >= 11 is 0. The highest BCUT2D eigenvalue weighted by Gasteiger charge is 2.25. The van der Waals surface area contributed by atoms with E-state index in [-0.39, 0.29) is 18.6 Å². The van der Waals surface area contributed by atoms with Crippen molar-refractivity contribution in [3.63, 3.8) is 0 Å². The Hall–Kier alpha value is -2.44. The number of carbonyl (C=O) groups excluding carboxylic acids is 2. The van der Waals surface area contributed by atoms with Crippen LogP contribution in [0, 0.1) is 5.92 Å². The van der Waals surface area contributed by atoms with Crippen molar-refractivity contribution in [2.75, 3.05) is 46.5 Å². The number of hydrogen-bond acceptors (Lipinski definition) is 5. The maximum absolute atomic E-state index is 12.3. The van der Waals surface area contributed by atoms with Crippen LogP contribution in [0.1, 0.15) is 13.8 Å². The second-order valence-electron chi connectivity index (χ2n) is 6.28. The predicted molar refractivity (Wildman–Crippen MR) is 92.8 cm³/mol. The minimum atomic E-state index is -0.314. The zero-order valence-electron chi connectivity index (χ0n) is 15.1. The zero-order valence-corrected chi connectivity index (χ0v) is 15.1. The molecule has 0 N–H and O–H groups in total. The van der Waals surface area contributed by atoms with Crippen LogP contribution in [-0.4, -0.2) is 68.3 Å². The van der Waals surface area contributed by atoms with Gasteiger partial charge in [0.15, 0.2) is 18.1 Å². The average molecular weight is 350 g/mol. The second-order valence-corrected chi connectivity index (χ2v) is 6.28. The molecule has 1 aromatic carbocycles. The molecule has 0 unspecified atom stereocenters. The Morgan fingerprint density at radius 1 is 1.04 bits per heavy atom. The van der Waals surface area contributed by atoms with Crippen LogP contribution in [0.3, 0.4) is 0 Å². The zero-order chi connectivity index (χ0) is 18.2. The molecule has 7 heteroatoms. The van der Waals surface area contributed by atoms with Crippen molar-refractivity contribution >= 4 is 12.0 Å². The van der Waals surface area contributed by atoms with Gasteiger partial charge in [-0.15, -0.1) is 0 Å². The van der Waals surface area contributed by atoms with E-state index in [1.54, 1.807) is 29.0 Å². The molecule has 0 bridgehead atoms. The number of ether oxygens (including phenoxy) is 3. The van der Waals surface area contributed by atoms with E-state index in [1.807, 2.05) is 26.0 Å². The van der Waals surface area contributed by atoms with Crippen molar-refractivity contribution < 1.29 is 23.8 Å². The van der Waals surface area contributed by atoms with Gasteiger partial charge in [-0.25, -0.2) is 4.79 Å². The number of piperazine rings is 1. The molecule has 0 radical (unpaired) electrons. The highest BCUT2D eigenvalue weighted by molar-refractivity contribution is 5.78. The first kappa shape index (κ1) is 18.9. The fourth-order valence-electron chi connectivity index (χ4n) is 2.44. The van der Waals surface area contributed by atoms with Crippen LogP contribution in [0.4, 0.5) is 4.79 Å². The van der Waals surface area contributed by atoms with E-state index in [0.717, 1.165) is 0 Å². The van der Waals surface area contributed by atoms with Crippen LogP contribution in [0.25, 0.3) is 0 Å². The fraction of sp³-hybridized carbons (Fsp3) is 0.556. The second kappa shape index (κ2) is 9.15.